The number of anilines is 1. The molecule has 0 amide bonds. The van der Waals surface area contributed by atoms with Gasteiger partial charge in [0, 0.05) is 23.2 Å². The van der Waals surface area contributed by atoms with Crippen molar-refractivity contribution in [2.75, 3.05) is 5.73 Å². The first-order valence-electron chi connectivity index (χ1n) is 5.40. The summed E-state index contributed by atoms with van der Waals surface area (Å²) in [5, 5.41) is 12.0. The lowest BCUT2D eigenvalue weighted by Gasteiger charge is -1.99. The normalized spacial score (nSPS) is 9.68. The van der Waals surface area contributed by atoms with Crippen LogP contribution in [0.4, 0.5) is 5.13 Å². The van der Waals surface area contributed by atoms with Gasteiger partial charge in [0.1, 0.15) is 0 Å². The van der Waals surface area contributed by atoms with Crippen molar-refractivity contribution in [1.29, 1.82) is 0 Å². The summed E-state index contributed by atoms with van der Waals surface area (Å²) >= 11 is 1.44. The fourth-order valence-electron chi connectivity index (χ4n) is 1.52. The van der Waals surface area contributed by atoms with Crippen LogP contribution in [0.1, 0.15) is 10.4 Å². The van der Waals surface area contributed by atoms with Gasteiger partial charge in [-0.25, -0.2) is 9.78 Å². The summed E-state index contributed by atoms with van der Waals surface area (Å²) in [6, 6.07) is 8.69. The maximum Gasteiger partial charge on any atom is 0.336 e. The lowest BCUT2D eigenvalue weighted by molar-refractivity contribution is 0.0699. The van der Waals surface area contributed by atoms with Gasteiger partial charge >= 0.3 is 5.97 Å². The molecule has 0 aliphatic carbocycles. The number of thiazole rings is 1. The zero-order chi connectivity index (χ0) is 13.7. The molecule has 5 nitrogen and oxygen atoms in total. The fourth-order valence-corrected chi connectivity index (χ4v) is 1.90. The largest absolute Gasteiger partial charge is 0.478 e. The number of aromatic nitrogens is 2. The smallest absolute Gasteiger partial charge is 0.336 e. The first-order chi connectivity index (χ1) is 9.18. The molecule has 6 heteroatoms. The molecule has 3 rings (SSSR count). The highest BCUT2D eigenvalue weighted by Gasteiger charge is 2.06. The molecular formula is C13H11N3O2S. The minimum atomic E-state index is -0.918. The van der Waals surface area contributed by atoms with Crippen molar-refractivity contribution in [3.05, 3.63) is 53.7 Å². The molecule has 0 saturated carbocycles. The Morgan fingerprint density at radius 2 is 1.95 bits per heavy atom. The number of nitrogens with two attached hydrogens (primary N) is 1. The summed E-state index contributed by atoms with van der Waals surface area (Å²) in [5.41, 5.74) is 6.19. The number of para-hydroxylation sites is 1. The molecule has 0 saturated heterocycles. The summed E-state index contributed by atoms with van der Waals surface area (Å²) < 4.78 is 0. The number of nitrogen functional groups attached to an aromatic ring is 1. The van der Waals surface area contributed by atoms with Gasteiger partial charge in [-0.3, -0.25) is 4.98 Å². The Hall–Kier alpha value is -2.47. The molecule has 0 radical (unpaired) electrons. The van der Waals surface area contributed by atoms with Crippen LogP contribution < -0.4 is 5.73 Å². The molecular weight excluding hydrogens is 262 g/mol. The molecule has 3 aromatic rings. The fraction of sp³-hybridized carbons (Fsp3) is 0. The van der Waals surface area contributed by atoms with Crippen LogP contribution in [0, 0.1) is 0 Å². The van der Waals surface area contributed by atoms with Gasteiger partial charge in [-0.2, -0.15) is 0 Å². The number of aromatic carboxylic acids is 1. The number of hydrogen-bond acceptors (Lipinski definition) is 5. The van der Waals surface area contributed by atoms with Crippen LogP contribution in [0.25, 0.3) is 10.9 Å². The van der Waals surface area contributed by atoms with Crippen molar-refractivity contribution >= 4 is 33.3 Å². The van der Waals surface area contributed by atoms with Gasteiger partial charge in [-0.1, -0.05) is 18.2 Å². The Balaban J connectivity index is 0.000000186. The molecule has 0 atom stereocenters. The predicted octanol–water partition coefficient (Wildman–Crippen LogP) is 2.66. The molecule has 2 heterocycles. The summed E-state index contributed by atoms with van der Waals surface area (Å²) in [5.74, 6) is -0.918. The molecule has 0 spiro atoms. The van der Waals surface area contributed by atoms with Crippen molar-refractivity contribution in [2.24, 2.45) is 0 Å². The maximum atomic E-state index is 10.8. The van der Waals surface area contributed by atoms with Crippen LogP contribution in [0.15, 0.2) is 48.1 Å². The van der Waals surface area contributed by atoms with Gasteiger partial charge in [0.25, 0.3) is 0 Å². The Labute approximate surface area is 113 Å². The number of hydrogen-bond donors (Lipinski definition) is 2. The van der Waals surface area contributed by atoms with E-state index in [-0.39, 0.29) is 0 Å². The highest BCUT2D eigenvalue weighted by molar-refractivity contribution is 7.13. The van der Waals surface area contributed by atoms with Gasteiger partial charge in [0.2, 0.25) is 0 Å². The zero-order valence-corrected chi connectivity index (χ0v) is 10.7. The van der Waals surface area contributed by atoms with Crippen molar-refractivity contribution in [3.63, 3.8) is 0 Å². The summed E-state index contributed by atoms with van der Waals surface area (Å²) in [4.78, 5) is 18.6. The van der Waals surface area contributed by atoms with Crippen LogP contribution in [-0.4, -0.2) is 21.0 Å². The summed E-state index contributed by atoms with van der Waals surface area (Å²) in [7, 11) is 0. The number of rotatable bonds is 1. The zero-order valence-electron chi connectivity index (χ0n) is 9.85. The van der Waals surface area contributed by atoms with E-state index in [0.29, 0.717) is 21.6 Å². The number of carboxylic acid groups (broad SMARTS) is 1. The van der Waals surface area contributed by atoms with Crippen molar-refractivity contribution < 1.29 is 9.90 Å². The molecule has 2 aromatic heterocycles. The van der Waals surface area contributed by atoms with E-state index in [2.05, 4.69) is 9.97 Å². The number of nitrogens with zero attached hydrogens (tertiary/aromatic N) is 2. The monoisotopic (exact) mass is 273 g/mol. The summed E-state index contributed by atoms with van der Waals surface area (Å²) in [6.45, 7) is 0. The minimum absolute atomic E-state index is 0.297. The molecule has 96 valence electrons. The number of benzene rings is 1. The Morgan fingerprint density at radius 1 is 1.16 bits per heavy atom. The lowest BCUT2D eigenvalue weighted by atomic mass is 10.1. The van der Waals surface area contributed by atoms with E-state index in [0.717, 1.165) is 0 Å². The van der Waals surface area contributed by atoms with E-state index >= 15 is 0 Å². The minimum Gasteiger partial charge on any atom is -0.478 e. The second-order valence-electron chi connectivity index (χ2n) is 3.55. The number of carbonyl (C=O) groups is 1. The van der Waals surface area contributed by atoms with Crippen LogP contribution in [0.3, 0.4) is 0 Å². The third-order valence-corrected chi connectivity index (χ3v) is 2.94. The predicted molar refractivity (Wildman–Crippen MR) is 75.2 cm³/mol. The van der Waals surface area contributed by atoms with E-state index in [1.54, 1.807) is 24.4 Å². The number of fused-ring (bicyclic) bond motifs is 1. The van der Waals surface area contributed by atoms with Crippen LogP contribution >= 0.6 is 11.3 Å². The molecule has 0 aliphatic heterocycles. The third-order valence-electron chi connectivity index (χ3n) is 2.33. The Kier molecular flexibility index (Phi) is 4.04. The van der Waals surface area contributed by atoms with Crippen molar-refractivity contribution in [1.82, 2.24) is 9.97 Å². The molecule has 0 unspecified atom stereocenters. The summed E-state index contributed by atoms with van der Waals surface area (Å²) in [6.07, 6.45) is 3.19. The highest BCUT2D eigenvalue weighted by atomic mass is 32.1. The topological polar surface area (TPSA) is 89.1 Å². The van der Waals surface area contributed by atoms with E-state index < -0.39 is 5.97 Å². The standard InChI is InChI=1S/C10H7NO2.C3H4N2S/c12-10(13)8-5-6-11-9-4-2-1-3-7(8)9;4-3-5-1-2-6-3/h1-6H,(H,12,13);1-2H,(H2,4,5). The van der Waals surface area contributed by atoms with Crippen molar-refractivity contribution in [3.8, 4) is 0 Å². The second kappa shape index (κ2) is 5.92. The SMILES string of the molecule is Nc1nccs1.O=C(O)c1ccnc2ccccc12. The average Bonchev–Trinajstić information content (AvgIpc) is 2.90. The van der Waals surface area contributed by atoms with Gasteiger partial charge in [0.05, 0.1) is 11.1 Å². The first-order valence-corrected chi connectivity index (χ1v) is 6.28. The maximum absolute atomic E-state index is 10.8. The molecule has 0 bridgehead atoms. The Bertz CT molecular complexity index is 678. The first kappa shape index (κ1) is 13.0. The van der Waals surface area contributed by atoms with Crippen LogP contribution in [-0.2, 0) is 0 Å². The molecule has 3 N–H and O–H groups in total. The third kappa shape index (κ3) is 3.26. The molecule has 0 aliphatic rings. The van der Waals surface area contributed by atoms with E-state index in [4.69, 9.17) is 10.8 Å². The van der Waals surface area contributed by atoms with Crippen LogP contribution in [0.5, 0.6) is 0 Å². The van der Waals surface area contributed by atoms with Gasteiger partial charge < -0.3 is 10.8 Å². The second-order valence-corrected chi connectivity index (χ2v) is 4.48. The molecule has 19 heavy (non-hydrogen) atoms. The van der Waals surface area contributed by atoms with E-state index in [1.807, 2.05) is 11.4 Å². The average molecular weight is 273 g/mol. The lowest BCUT2D eigenvalue weighted by Crippen LogP contribution is -1.97. The van der Waals surface area contributed by atoms with Gasteiger partial charge in [-0.15, -0.1) is 11.3 Å². The van der Waals surface area contributed by atoms with E-state index in [1.165, 1.54) is 23.6 Å². The molecule has 0 fully saturated rings. The van der Waals surface area contributed by atoms with Crippen LogP contribution in [0.2, 0.25) is 0 Å². The van der Waals surface area contributed by atoms with E-state index in [9.17, 15) is 4.79 Å². The van der Waals surface area contributed by atoms with Crippen molar-refractivity contribution in [2.45, 2.75) is 0 Å². The van der Waals surface area contributed by atoms with Gasteiger partial charge in [-0.05, 0) is 12.1 Å². The number of pyridine rings is 1. The van der Waals surface area contributed by atoms with Gasteiger partial charge in [0.15, 0.2) is 5.13 Å². The number of carboxylic acids is 1. The Morgan fingerprint density at radius 3 is 2.53 bits per heavy atom. The quantitative estimate of drug-likeness (QED) is 0.711. The highest BCUT2D eigenvalue weighted by Crippen LogP contribution is 2.15. The molecule has 1 aromatic carbocycles.